The average molecular weight is 298 g/mol. The first-order valence-electron chi connectivity index (χ1n) is 6.42. The van der Waals surface area contributed by atoms with E-state index in [0.717, 1.165) is 4.90 Å². The van der Waals surface area contributed by atoms with Crippen LogP contribution in [0.5, 0.6) is 5.75 Å². The van der Waals surface area contributed by atoms with E-state index in [0.29, 0.717) is 11.2 Å². The quantitative estimate of drug-likeness (QED) is 0.618. The highest BCUT2D eigenvalue weighted by atomic mass is 32.2. The van der Waals surface area contributed by atoms with Crippen LogP contribution in [0.1, 0.15) is 27.7 Å². The highest BCUT2D eigenvalue weighted by Gasteiger charge is 2.39. The fourth-order valence-corrected chi connectivity index (χ4v) is 1.95. The molecule has 0 amide bonds. The van der Waals surface area contributed by atoms with E-state index < -0.39 is 18.3 Å². The molecule has 0 aliphatic carbocycles. The van der Waals surface area contributed by atoms with Crippen molar-refractivity contribution < 1.29 is 19.5 Å². The lowest BCUT2D eigenvalue weighted by Gasteiger charge is -2.38. The van der Waals surface area contributed by atoms with Gasteiger partial charge in [0.2, 0.25) is 0 Å². The zero-order valence-corrected chi connectivity index (χ0v) is 13.7. The lowest BCUT2D eigenvalue weighted by atomic mass is 9.76. The Balaban J connectivity index is 3.00. The first-order valence-corrected chi connectivity index (χ1v) is 7.64. The first-order chi connectivity index (χ1) is 9.10. The van der Waals surface area contributed by atoms with Crippen molar-refractivity contribution in [1.29, 1.82) is 0 Å². The minimum absolute atomic E-state index is 0.603. The third-order valence-electron chi connectivity index (χ3n) is 3.54. The molecule has 0 aliphatic rings. The molecule has 0 saturated carbocycles. The number of benzene rings is 1. The van der Waals surface area contributed by atoms with Gasteiger partial charge in [-0.25, -0.2) is 0 Å². The Morgan fingerprint density at radius 2 is 1.75 bits per heavy atom. The molecule has 0 atom stereocenters. The smallest absolute Gasteiger partial charge is 0.491 e. The van der Waals surface area contributed by atoms with Crippen LogP contribution in [0.4, 0.5) is 0 Å². The third-order valence-corrected chi connectivity index (χ3v) is 4.25. The monoisotopic (exact) mass is 298 g/mol. The number of methoxy groups -OCH3 is 1. The summed E-state index contributed by atoms with van der Waals surface area (Å²) in [6.07, 6.45) is 1.95. The largest absolute Gasteiger partial charge is 0.497 e. The normalized spacial score (nSPS) is 12.4. The van der Waals surface area contributed by atoms with Crippen molar-refractivity contribution in [2.45, 2.75) is 43.8 Å². The molecule has 0 aliphatic heterocycles. The van der Waals surface area contributed by atoms with Gasteiger partial charge in [-0.1, -0.05) is 0 Å². The zero-order valence-electron chi connectivity index (χ0n) is 12.9. The van der Waals surface area contributed by atoms with Crippen LogP contribution in [0.25, 0.3) is 0 Å². The van der Waals surface area contributed by atoms with Crippen molar-refractivity contribution in [3.05, 3.63) is 18.2 Å². The molecule has 6 heteroatoms. The number of rotatable bonds is 6. The van der Waals surface area contributed by atoms with Gasteiger partial charge in [-0.15, -0.1) is 11.8 Å². The number of ether oxygens (including phenoxy) is 1. The molecular formula is C14H23BO4S. The molecule has 1 aromatic rings. The molecule has 0 aromatic heterocycles. The third kappa shape index (κ3) is 4.15. The summed E-state index contributed by atoms with van der Waals surface area (Å²) in [5.74, 6) is 0.663. The predicted molar refractivity (Wildman–Crippen MR) is 83.8 cm³/mol. The van der Waals surface area contributed by atoms with Crippen LogP contribution in [-0.2, 0) is 4.65 Å². The fourth-order valence-electron chi connectivity index (χ4n) is 1.46. The van der Waals surface area contributed by atoms with E-state index in [1.165, 1.54) is 0 Å². The molecule has 1 rings (SSSR count). The molecule has 112 valence electrons. The standard InChI is InChI=1S/C14H23BO4S/c1-13(2,16)14(3,4)19-15(17)10-7-11(18-5)9-12(8-10)20-6/h7-9,16-17H,1-6H3. The van der Waals surface area contributed by atoms with Gasteiger partial charge in [-0.2, -0.15) is 0 Å². The van der Waals surface area contributed by atoms with Crippen LogP contribution in [-0.4, -0.2) is 41.8 Å². The summed E-state index contributed by atoms with van der Waals surface area (Å²) >= 11 is 1.56. The van der Waals surface area contributed by atoms with E-state index in [1.54, 1.807) is 52.6 Å². The summed E-state index contributed by atoms with van der Waals surface area (Å²) in [6, 6.07) is 5.46. The van der Waals surface area contributed by atoms with Crippen LogP contribution in [0.15, 0.2) is 23.1 Å². The zero-order chi connectivity index (χ0) is 15.6. The lowest BCUT2D eigenvalue weighted by molar-refractivity contribution is -0.0982. The summed E-state index contributed by atoms with van der Waals surface area (Å²) in [5.41, 5.74) is -1.37. The fraction of sp³-hybridized carbons (Fsp3) is 0.571. The van der Waals surface area contributed by atoms with Crippen molar-refractivity contribution in [2.24, 2.45) is 0 Å². The summed E-state index contributed by atoms with van der Waals surface area (Å²) < 4.78 is 10.8. The Bertz CT molecular complexity index is 435. The van der Waals surface area contributed by atoms with E-state index in [9.17, 15) is 10.1 Å². The Morgan fingerprint density at radius 1 is 1.15 bits per heavy atom. The highest BCUT2D eigenvalue weighted by Crippen LogP contribution is 2.26. The number of hydrogen-bond acceptors (Lipinski definition) is 5. The molecule has 0 unspecified atom stereocenters. The molecule has 0 spiro atoms. The van der Waals surface area contributed by atoms with Crippen LogP contribution in [0.2, 0.25) is 0 Å². The summed E-state index contributed by atoms with van der Waals surface area (Å²) in [4.78, 5) is 0.975. The molecule has 1 aromatic carbocycles. The second-order valence-corrected chi connectivity index (χ2v) is 6.57. The maximum absolute atomic E-state index is 10.3. The molecule has 2 N–H and O–H groups in total. The van der Waals surface area contributed by atoms with Crippen molar-refractivity contribution in [1.82, 2.24) is 0 Å². The van der Waals surface area contributed by atoms with Gasteiger partial charge in [0.25, 0.3) is 0 Å². The van der Waals surface area contributed by atoms with Crippen molar-refractivity contribution >= 4 is 24.3 Å². The van der Waals surface area contributed by atoms with E-state index in [-0.39, 0.29) is 0 Å². The molecular weight excluding hydrogens is 275 g/mol. The molecule has 0 bridgehead atoms. The van der Waals surface area contributed by atoms with Crippen LogP contribution in [0.3, 0.4) is 0 Å². The minimum atomic E-state index is -1.13. The molecule has 20 heavy (non-hydrogen) atoms. The summed E-state index contributed by atoms with van der Waals surface area (Å²) in [6.45, 7) is 6.79. The Kier molecular flexibility index (Phi) is 5.55. The van der Waals surface area contributed by atoms with E-state index in [4.69, 9.17) is 9.39 Å². The maximum Gasteiger partial charge on any atom is 0.491 e. The van der Waals surface area contributed by atoms with E-state index >= 15 is 0 Å². The van der Waals surface area contributed by atoms with Crippen molar-refractivity contribution in [2.75, 3.05) is 13.4 Å². The van der Waals surface area contributed by atoms with Gasteiger partial charge in [0.15, 0.2) is 0 Å². The van der Waals surface area contributed by atoms with E-state index in [2.05, 4.69) is 0 Å². The number of aliphatic hydroxyl groups is 1. The van der Waals surface area contributed by atoms with Gasteiger partial charge in [0, 0.05) is 4.90 Å². The van der Waals surface area contributed by atoms with Gasteiger partial charge in [-0.05, 0) is 57.6 Å². The van der Waals surface area contributed by atoms with Gasteiger partial charge in [0.05, 0.1) is 18.3 Å². The van der Waals surface area contributed by atoms with Crippen LogP contribution < -0.4 is 10.2 Å². The van der Waals surface area contributed by atoms with Crippen molar-refractivity contribution in [3.63, 3.8) is 0 Å². The van der Waals surface area contributed by atoms with Crippen LogP contribution >= 0.6 is 11.8 Å². The van der Waals surface area contributed by atoms with Gasteiger partial charge < -0.3 is 19.5 Å². The second-order valence-electron chi connectivity index (χ2n) is 5.69. The van der Waals surface area contributed by atoms with Gasteiger partial charge in [-0.3, -0.25) is 0 Å². The van der Waals surface area contributed by atoms with Crippen LogP contribution in [0, 0.1) is 0 Å². The maximum atomic E-state index is 10.3. The number of hydrogen-bond donors (Lipinski definition) is 2. The predicted octanol–water partition coefficient (Wildman–Crippen LogP) is 1.67. The molecule has 0 fully saturated rings. The lowest BCUT2D eigenvalue weighted by Crippen LogP contribution is -2.53. The summed E-state index contributed by atoms with van der Waals surface area (Å²) in [7, 11) is 0.453. The molecule has 4 nitrogen and oxygen atoms in total. The molecule has 0 saturated heterocycles. The molecule has 0 heterocycles. The van der Waals surface area contributed by atoms with Gasteiger partial charge in [0.1, 0.15) is 5.75 Å². The summed E-state index contributed by atoms with van der Waals surface area (Å²) in [5, 5.41) is 20.3. The van der Waals surface area contributed by atoms with E-state index in [1.807, 2.05) is 18.4 Å². The Labute approximate surface area is 125 Å². The highest BCUT2D eigenvalue weighted by molar-refractivity contribution is 7.98. The van der Waals surface area contributed by atoms with Gasteiger partial charge >= 0.3 is 7.12 Å². The molecule has 0 radical (unpaired) electrons. The Morgan fingerprint density at radius 3 is 2.20 bits per heavy atom. The minimum Gasteiger partial charge on any atom is -0.497 e. The topological polar surface area (TPSA) is 58.9 Å². The first kappa shape index (κ1) is 17.4. The SMILES string of the molecule is COc1cc(SC)cc(B(O)OC(C)(C)C(C)(C)O)c1. The second kappa shape index (κ2) is 6.39. The number of thioether (sulfide) groups is 1. The Hall–Kier alpha value is -0.685. The van der Waals surface area contributed by atoms with Crippen molar-refractivity contribution in [3.8, 4) is 5.75 Å². The average Bonchev–Trinajstić information content (AvgIpc) is 2.36.